The molecule has 19 heavy (non-hydrogen) atoms. The molecule has 1 aromatic rings. The van der Waals surface area contributed by atoms with Gasteiger partial charge in [0.2, 0.25) is 0 Å². The monoisotopic (exact) mass is 265 g/mol. The Kier molecular flexibility index (Phi) is 8.07. The first-order chi connectivity index (χ1) is 9.31. The van der Waals surface area contributed by atoms with Crippen molar-refractivity contribution in [2.75, 3.05) is 20.3 Å². The van der Waals surface area contributed by atoms with E-state index < -0.39 is 0 Å². The lowest BCUT2D eigenvalue weighted by Crippen LogP contribution is -2.15. The van der Waals surface area contributed by atoms with Crippen molar-refractivity contribution in [1.29, 1.82) is 0 Å². The van der Waals surface area contributed by atoms with Gasteiger partial charge in [0.05, 0.1) is 13.7 Å². The number of nitrogens with one attached hydrogen (secondary N) is 1. The van der Waals surface area contributed by atoms with Crippen molar-refractivity contribution in [3.8, 4) is 11.5 Å². The van der Waals surface area contributed by atoms with Crippen molar-refractivity contribution in [3.63, 3.8) is 0 Å². The molecule has 0 heterocycles. The lowest BCUT2D eigenvalue weighted by Gasteiger charge is -2.13. The molecule has 108 valence electrons. The molecule has 3 heteroatoms. The Morgan fingerprint density at radius 1 is 1.11 bits per heavy atom. The van der Waals surface area contributed by atoms with Crippen molar-refractivity contribution < 1.29 is 9.47 Å². The van der Waals surface area contributed by atoms with Gasteiger partial charge in [0, 0.05) is 18.2 Å². The van der Waals surface area contributed by atoms with Gasteiger partial charge in [0.25, 0.3) is 0 Å². The minimum atomic E-state index is 0.780. The smallest absolute Gasteiger partial charge is 0.127 e. The number of ether oxygens (including phenoxy) is 2. The number of unbranched alkanes of at least 4 members (excludes halogenated alkanes) is 2. The minimum Gasteiger partial charge on any atom is -0.497 e. The molecule has 0 fully saturated rings. The number of benzene rings is 1. The summed E-state index contributed by atoms with van der Waals surface area (Å²) in [6.07, 6.45) is 4.68. The third-order valence-corrected chi connectivity index (χ3v) is 3.02. The van der Waals surface area contributed by atoms with Gasteiger partial charge in [-0.2, -0.15) is 0 Å². The standard InChI is InChI=1S/C16H27NO2/c1-4-6-7-11-19-16-12-15(18-3)9-8-14(16)13-17-10-5-2/h8-9,12,17H,4-7,10-11,13H2,1-3H3. The lowest BCUT2D eigenvalue weighted by atomic mass is 10.2. The summed E-state index contributed by atoms with van der Waals surface area (Å²) in [6.45, 7) is 7.03. The van der Waals surface area contributed by atoms with Crippen LogP contribution in [0.5, 0.6) is 11.5 Å². The van der Waals surface area contributed by atoms with E-state index in [2.05, 4.69) is 25.2 Å². The molecule has 0 aliphatic carbocycles. The van der Waals surface area contributed by atoms with Gasteiger partial charge in [-0.1, -0.05) is 32.8 Å². The summed E-state index contributed by atoms with van der Waals surface area (Å²) in [4.78, 5) is 0. The molecule has 0 radical (unpaired) electrons. The van der Waals surface area contributed by atoms with Crippen molar-refractivity contribution >= 4 is 0 Å². The zero-order valence-corrected chi connectivity index (χ0v) is 12.5. The number of rotatable bonds is 10. The maximum atomic E-state index is 5.89. The second-order valence-corrected chi connectivity index (χ2v) is 4.71. The summed E-state index contributed by atoms with van der Waals surface area (Å²) < 4.78 is 11.2. The average Bonchev–Trinajstić information content (AvgIpc) is 2.45. The van der Waals surface area contributed by atoms with Crippen molar-refractivity contribution in [2.24, 2.45) is 0 Å². The van der Waals surface area contributed by atoms with Crippen molar-refractivity contribution in [2.45, 2.75) is 46.1 Å². The molecule has 0 saturated carbocycles. The van der Waals surface area contributed by atoms with Crippen LogP contribution in [-0.2, 0) is 6.54 Å². The van der Waals surface area contributed by atoms with Crippen LogP contribution in [0.3, 0.4) is 0 Å². The molecule has 0 bridgehead atoms. The first-order valence-corrected chi connectivity index (χ1v) is 7.32. The first kappa shape index (κ1) is 15.8. The van der Waals surface area contributed by atoms with E-state index >= 15 is 0 Å². The summed E-state index contributed by atoms with van der Waals surface area (Å²) >= 11 is 0. The summed E-state index contributed by atoms with van der Waals surface area (Å²) in [7, 11) is 1.69. The highest BCUT2D eigenvalue weighted by atomic mass is 16.5. The second kappa shape index (κ2) is 9.68. The normalized spacial score (nSPS) is 10.5. The first-order valence-electron chi connectivity index (χ1n) is 7.32. The van der Waals surface area contributed by atoms with E-state index in [1.165, 1.54) is 18.4 Å². The number of methoxy groups -OCH3 is 1. The highest BCUT2D eigenvalue weighted by Crippen LogP contribution is 2.25. The molecule has 0 atom stereocenters. The van der Waals surface area contributed by atoms with Crippen LogP contribution in [0.1, 0.15) is 45.1 Å². The van der Waals surface area contributed by atoms with Gasteiger partial charge in [-0.15, -0.1) is 0 Å². The predicted octanol–water partition coefficient (Wildman–Crippen LogP) is 3.76. The van der Waals surface area contributed by atoms with E-state index in [0.29, 0.717) is 0 Å². The third kappa shape index (κ3) is 5.97. The SMILES string of the molecule is CCCCCOc1cc(OC)ccc1CNCCC. The second-order valence-electron chi connectivity index (χ2n) is 4.71. The Morgan fingerprint density at radius 2 is 1.95 bits per heavy atom. The van der Waals surface area contributed by atoms with Crippen LogP contribution in [-0.4, -0.2) is 20.3 Å². The number of hydrogen-bond acceptors (Lipinski definition) is 3. The molecule has 1 aromatic carbocycles. The summed E-state index contributed by atoms with van der Waals surface area (Å²) in [5, 5.41) is 3.41. The van der Waals surface area contributed by atoms with Gasteiger partial charge in [0.15, 0.2) is 0 Å². The van der Waals surface area contributed by atoms with E-state index in [1.807, 2.05) is 12.1 Å². The van der Waals surface area contributed by atoms with Crippen LogP contribution < -0.4 is 14.8 Å². The van der Waals surface area contributed by atoms with Gasteiger partial charge in [0.1, 0.15) is 11.5 Å². The average molecular weight is 265 g/mol. The Morgan fingerprint density at radius 3 is 2.63 bits per heavy atom. The minimum absolute atomic E-state index is 0.780. The predicted molar refractivity (Wildman–Crippen MR) is 80.0 cm³/mol. The van der Waals surface area contributed by atoms with Gasteiger partial charge in [-0.25, -0.2) is 0 Å². The molecular formula is C16H27NO2. The molecule has 0 spiro atoms. The Bertz CT molecular complexity index is 353. The Labute approximate surface area is 117 Å². The van der Waals surface area contributed by atoms with Crippen LogP contribution in [0.2, 0.25) is 0 Å². The van der Waals surface area contributed by atoms with E-state index in [4.69, 9.17) is 9.47 Å². The zero-order chi connectivity index (χ0) is 13.9. The summed E-state index contributed by atoms with van der Waals surface area (Å²) in [5.41, 5.74) is 1.20. The highest BCUT2D eigenvalue weighted by Gasteiger charge is 2.05. The van der Waals surface area contributed by atoms with Gasteiger partial charge in [-0.3, -0.25) is 0 Å². The van der Waals surface area contributed by atoms with Crippen molar-refractivity contribution in [3.05, 3.63) is 23.8 Å². The van der Waals surface area contributed by atoms with E-state index in [-0.39, 0.29) is 0 Å². The van der Waals surface area contributed by atoms with E-state index in [0.717, 1.165) is 44.0 Å². The summed E-state index contributed by atoms with van der Waals surface area (Å²) in [5.74, 6) is 1.80. The highest BCUT2D eigenvalue weighted by molar-refractivity contribution is 5.40. The molecule has 3 nitrogen and oxygen atoms in total. The van der Waals surface area contributed by atoms with Crippen LogP contribution in [0.25, 0.3) is 0 Å². The van der Waals surface area contributed by atoms with Gasteiger partial charge in [-0.05, 0) is 25.5 Å². The van der Waals surface area contributed by atoms with Gasteiger partial charge < -0.3 is 14.8 Å². The largest absolute Gasteiger partial charge is 0.497 e. The topological polar surface area (TPSA) is 30.5 Å². The fraction of sp³-hybridized carbons (Fsp3) is 0.625. The maximum absolute atomic E-state index is 5.89. The van der Waals surface area contributed by atoms with Crippen molar-refractivity contribution in [1.82, 2.24) is 5.32 Å². The molecule has 0 aromatic heterocycles. The molecule has 0 amide bonds. The quantitative estimate of drug-likeness (QED) is 0.653. The maximum Gasteiger partial charge on any atom is 0.127 e. The van der Waals surface area contributed by atoms with Crippen LogP contribution in [0.4, 0.5) is 0 Å². The van der Waals surface area contributed by atoms with E-state index in [9.17, 15) is 0 Å². The fourth-order valence-corrected chi connectivity index (χ4v) is 1.88. The number of hydrogen-bond donors (Lipinski definition) is 1. The Balaban J connectivity index is 2.60. The third-order valence-electron chi connectivity index (χ3n) is 3.02. The summed E-state index contributed by atoms with van der Waals surface area (Å²) in [6, 6.07) is 6.05. The molecular weight excluding hydrogens is 238 g/mol. The zero-order valence-electron chi connectivity index (χ0n) is 12.5. The molecule has 0 saturated heterocycles. The molecule has 0 unspecified atom stereocenters. The molecule has 1 rings (SSSR count). The lowest BCUT2D eigenvalue weighted by molar-refractivity contribution is 0.300. The molecule has 1 N–H and O–H groups in total. The van der Waals surface area contributed by atoms with Crippen LogP contribution in [0, 0.1) is 0 Å². The Hall–Kier alpha value is -1.22. The van der Waals surface area contributed by atoms with Crippen LogP contribution >= 0.6 is 0 Å². The van der Waals surface area contributed by atoms with E-state index in [1.54, 1.807) is 7.11 Å². The molecule has 0 aliphatic rings. The fourth-order valence-electron chi connectivity index (χ4n) is 1.88. The van der Waals surface area contributed by atoms with Gasteiger partial charge >= 0.3 is 0 Å². The molecule has 0 aliphatic heterocycles. The van der Waals surface area contributed by atoms with Crippen LogP contribution in [0.15, 0.2) is 18.2 Å².